The zero-order valence-electron chi connectivity index (χ0n) is 20.0. The lowest BCUT2D eigenvalue weighted by Gasteiger charge is -2.23. The maximum atomic E-state index is 12.6. The van der Waals surface area contributed by atoms with E-state index in [1.165, 1.54) is 11.1 Å². The molecule has 0 aromatic heterocycles. The predicted molar refractivity (Wildman–Crippen MR) is 133 cm³/mol. The number of ether oxygens (including phenoxy) is 1. The van der Waals surface area contributed by atoms with Crippen molar-refractivity contribution in [1.82, 2.24) is 10.6 Å². The van der Waals surface area contributed by atoms with Crippen LogP contribution in [0.4, 0.5) is 4.79 Å². The summed E-state index contributed by atoms with van der Waals surface area (Å²) in [6, 6.07) is 15.9. The number of amides is 2. The van der Waals surface area contributed by atoms with Gasteiger partial charge in [0.15, 0.2) is 0 Å². The Labute approximate surface area is 205 Å². The number of benzene rings is 2. The van der Waals surface area contributed by atoms with Crippen molar-refractivity contribution in [3.8, 4) is 11.1 Å². The predicted octanol–water partition coefficient (Wildman–Crippen LogP) is 4.62. The van der Waals surface area contributed by atoms with E-state index in [1.807, 2.05) is 24.3 Å². The van der Waals surface area contributed by atoms with E-state index in [4.69, 9.17) is 4.74 Å². The van der Waals surface area contributed by atoms with Gasteiger partial charge in [-0.2, -0.15) is 0 Å². The lowest BCUT2D eigenvalue weighted by molar-refractivity contribution is -0.143. The molecule has 184 valence electrons. The van der Waals surface area contributed by atoms with E-state index in [-0.39, 0.29) is 31.0 Å². The Hall–Kier alpha value is -3.61. The number of hydrogen-bond acceptors (Lipinski definition) is 4. The van der Waals surface area contributed by atoms with Gasteiger partial charge in [0, 0.05) is 24.1 Å². The maximum Gasteiger partial charge on any atom is 0.407 e. The van der Waals surface area contributed by atoms with Crippen LogP contribution < -0.4 is 10.6 Å². The lowest BCUT2D eigenvalue weighted by atomic mass is 9.94. The first-order chi connectivity index (χ1) is 17.0. The Balaban J connectivity index is 1.28. The summed E-state index contributed by atoms with van der Waals surface area (Å²) in [6.07, 6.45) is 5.05. The van der Waals surface area contributed by atoms with E-state index in [1.54, 1.807) is 13.0 Å². The molecule has 2 aromatic carbocycles. The van der Waals surface area contributed by atoms with Crippen LogP contribution in [0, 0.1) is 5.92 Å². The van der Waals surface area contributed by atoms with Crippen molar-refractivity contribution < 1.29 is 24.2 Å². The Morgan fingerprint density at radius 2 is 1.60 bits per heavy atom. The van der Waals surface area contributed by atoms with Gasteiger partial charge >= 0.3 is 12.1 Å². The Kier molecular flexibility index (Phi) is 7.85. The number of nitrogens with one attached hydrogen (secondary N) is 2. The number of carboxylic acid groups (broad SMARTS) is 1. The van der Waals surface area contributed by atoms with E-state index in [0.29, 0.717) is 18.4 Å². The van der Waals surface area contributed by atoms with Crippen molar-refractivity contribution in [2.75, 3.05) is 13.2 Å². The summed E-state index contributed by atoms with van der Waals surface area (Å²) in [5.74, 6) is -1.75. The zero-order chi connectivity index (χ0) is 24.8. The first-order valence-electron chi connectivity index (χ1n) is 12.2. The molecule has 0 saturated heterocycles. The van der Waals surface area contributed by atoms with Crippen LogP contribution >= 0.6 is 0 Å². The van der Waals surface area contributed by atoms with Crippen LogP contribution in [0.2, 0.25) is 0 Å². The van der Waals surface area contributed by atoms with E-state index in [9.17, 15) is 19.5 Å². The number of carbonyl (C=O) groups is 3. The highest BCUT2D eigenvalue weighted by molar-refractivity contribution is 5.93. The highest BCUT2D eigenvalue weighted by atomic mass is 16.5. The summed E-state index contributed by atoms with van der Waals surface area (Å²) in [4.78, 5) is 36.5. The average molecular weight is 477 g/mol. The summed E-state index contributed by atoms with van der Waals surface area (Å²) in [6.45, 7) is 2.02. The average Bonchev–Trinajstić information content (AvgIpc) is 2.98. The van der Waals surface area contributed by atoms with Gasteiger partial charge in [0.1, 0.15) is 6.61 Å². The van der Waals surface area contributed by atoms with Gasteiger partial charge in [-0.3, -0.25) is 9.59 Å². The summed E-state index contributed by atoms with van der Waals surface area (Å²) >= 11 is 0. The second kappa shape index (κ2) is 11.2. The molecule has 0 aliphatic heterocycles. The van der Waals surface area contributed by atoms with Crippen LogP contribution in [-0.4, -0.2) is 42.3 Å². The normalized spacial score (nSPS) is 19.7. The van der Waals surface area contributed by atoms with E-state index < -0.39 is 18.0 Å². The molecule has 0 heterocycles. The fourth-order valence-corrected chi connectivity index (χ4v) is 5.09. The minimum Gasteiger partial charge on any atom is -0.481 e. The summed E-state index contributed by atoms with van der Waals surface area (Å²) < 4.78 is 5.51. The molecule has 4 rings (SSSR count). The highest BCUT2D eigenvalue weighted by Gasteiger charge is 2.31. The van der Waals surface area contributed by atoms with Crippen LogP contribution in [0.25, 0.3) is 11.1 Å². The number of hydrogen-bond donors (Lipinski definition) is 3. The van der Waals surface area contributed by atoms with E-state index >= 15 is 0 Å². The quantitative estimate of drug-likeness (QED) is 0.400. The Morgan fingerprint density at radius 1 is 0.971 bits per heavy atom. The fraction of sp³-hybridized carbons (Fsp3) is 0.393. The first kappa shape index (κ1) is 24.5. The Bertz CT molecular complexity index is 1080. The van der Waals surface area contributed by atoms with Gasteiger partial charge in [0.2, 0.25) is 5.91 Å². The largest absolute Gasteiger partial charge is 0.481 e. The molecule has 2 atom stereocenters. The van der Waals surface area contributed by atoms with Gasteiger partial charge in [0.05, 0.1) is 5.92 Å². The molecule has 7 nitrogen and oxygen atoms in total. The molecule has 2 aliphatic rings. The van der Waals surface area contributed by atoms with Crippen LogP contribution in [0.3, 0.4) is 0 Å². The molecule has 0 spiro atoms. The molecule has 1 fully saturated rings. The van der Waals surface area contributed by atoms with Crippen LogP contribution in [0.15, 0.2) is 60.2 Å². The van der Waals surface area contributed by atoms with Gasteiger partial charge in [-0.1, -0.05) is 73.9 Å². The third-order valence-electron chi connectivity index (χ3n) is 7.01. The third kappa shape index (κ3) is 5.73. The molecular formula is C28H32N2O5. The molecule has 0 bridgehead atoms. The molecule has 35 heavy (non-hydrogen) atoms. The second-order valence-corrected chi connectivity index (χ2v) is 9.26. The molecule has 2 aromatic rings. The second-order valence-electron chi connectivity index (χ2n) is 9.26. The number of rotatable bonds is 7. The highest BCUT2D eigenvalue weighted by Crippen LogP contribution is 2.44. The minimum absolute atomic E-state index is 0.0158. The van der Waals surface area contributed by atoms with Gasteiger partial charge < -0.3 is 20.5 Å². The minimum atomic E-state index is -0.865. The monoisotopic (exact) mass is 476 g/mol. The van der Waals surface area contributed by atoms with Crippen molar-refractivity contribution in [3.05, 3.63) is 71.3 Å². The third-order valence-corrected chi connectivity index (χ3v) is 7.01. The van der Waals surface area contributed by atoms with Crippen molar-refractivity contribution in [3.63, 3.8) is 0 Å². The molecule has 0 radical (unpaired) electrons. The molecule has 7 heteroatoms. The first-order valence-corrected chi connectivity index (χ1v) is 12.2. The number of aliphatic carboxylic acids is 1. The molecular weight excluding hydrogens is 444 g/mol. The molecule has 0 unspecified atom stereocenters. The van der Waals surface area contributed by atoms with Crippen LogP contribution in [0.1, 0.15) is 56.1 Å². The standard InChI is InChI=1S/C28H32N2O5/c1-18(26(31)30-25-14-4-2-3-13-23(25)27(32)33)15-16-29-28(34)35-17-24-21-11-7-5-9-19(21)20-10-6-8-12-22(20)24/h5-12,15,23-25H,2-4,13-14,16-17H2,1H3,(H,29,34)(H,30,31)(H,32,33)/b18-15+/t23-,25+/m1/s1. The van der Waals surface area contributed by atoms with Crippen molar-refractivity contribution in [2.45, 2.75) is 51.0 Å². The maximum absolute atomic E-state index is 12.6. The SMILES string of the molecule is C/C(=C\CNC(=O)OCC1c2ccccc2-c2ccccc21)C(=O)N[C@H]1CCCCC[C@H]1C(=O)O. The van der Waals surface area contributed by atoms with E-state index in [0.717, 1.165) is 30.4 Å². The molecule has 1 saturated carbocycles. The summed E-state index contributed by atoms with van der Waals surface area (Å²) in [5, 5.41) is 15.0. The number of fused-ring (bicyclic) bond motifs is 3. The number of carbonyl (C=O) groups excluding carboxylic acids is 2. The lowest BCUT2D eigenvalue weighted by Crippen LogP contribution is -2.43. The zero-order valence-corrected chi connectivity index (χ0v) is 20.0. The van der Waals surface area contributed by atoms with Crippen molar-refractivity contribution >= 4 is 18.0 Å². The molecule has 3 N–H and O–H groups in total. The van der Waals surface area contributed by atoms with Crippen molar-refractivity contribution in [2.24, 2.45) is 5.92 Å². The Morgan fingerprint density at radius 3 is 2.26 bits per heavy atom. The number of carboxylic acids is 1. The van der Waals surface area contributed by atoms with E-state index in [2.05, 4.69) is 34.9 Å². The van der Waals surface area contributed by atoms with Crippen molar-refractivity contribution in [1.29, 1.82) is 0 Å². The van der Waals surface area contributed by atoms with Gasteiger partial charge in [-0.05, 0) is 42.0 Å². The smallest absolute Gasteiger partial charge is 0.407 e. The fourth-order valence-electron chi connectivity index (χ4n) is 5.09. The molecule has 2 aliphatic carbocycles. The summed E-state index contributed by atoms with van der Waals surface area (Å²) in [7, 11) is 0. The van der Waals surface area contributed by atoms with Gasteiger partial charge in [-0.15, -0.1) is 0 Å². The topological polar surface area (TPSA) is 105 Å². The summed E-state index contributed by atoms with van der Waals surface area (Å²) in [5.41, 5.74) is 5.05. The number of alkyl carbamates (subject to hydrolysis) is 1. The van der Waals surface area contributed by atoms with Crippen LogP contribution in [-0.2, 0) is 14.3 Å². The van der Waals surface area contributed by atoms with Gasteiger partial charge in [0.25, 0.3) is 0 Å². The van der Waals surface area contributed by atoms with Gasteiger partial charge in [-0.25, -0.2) is 4.79 Å². The molecule has 2 amide bonds. The van der Waals surface area contributed by atoms with Crippen LogP contribution in [0.5, 0.6) is 0 Å².